The Morgan fingerprint density at radius 2 is 1.26 bits per heavy atom. The summed E-state index contributed by atoms with van der Waals surface area (Å²) in [5, 5.41) is 13.8. The van der Waals surface area contributed by atoms with Gasteiger partial charge in [-0.15, -0.1) is 0 Å². The second-order valence-corrected chi connectivity index (χ2v) is 9.07. The van der Waals surface area contributed by atoms with Crippen LogP contribution in [0.25, 0.3) is 0 Å². The lowest BCUT2D eigenvalue weighted by atomic mass is 9.98. The molecule has 0 unspecified atom stereocenters. The van der Waals surface area contributed by atoms with Gasteiger partial charge in [-0.25, -0.2) is 0 Å². The third kappa shape index (κ3) is 9.96. The molecule has 0 aliphatic heterocycles. The van der Waals surface area contributed by atoms with E-state index in [4.69, 9.17) is 5.73 Å². The van der Waals surface area contributed by atoms with Crippen molar-refractivity contribution in [3.8, 4) is 0 Å². The molecule has 0 fully saturated rings. The first kappa shape index (κ1) is 29.9. The van der Waals surface area contributed by atoms with Crippen LogP contribution in [-0.4, -0.2) is 48.3 Å². The van der Waals surface area contributed by atoms with Crippen molar-refractivity contribution in [1.29, 1.82) is 0 Å². The molecule has 0 saturated heterocycles. The standard InChI is InChI=1S/C28H38N6O4/c1-18(31-21(4)35)26(36)33-24(16-11-17-30-20(3)29)28(38)32-19(2)27(37)34-25(22-12-7-5-8-13-22)23-14-9-6-10-15-23/h5-10,12-15,18-19,24-25,30H,3,11,16-17,29H2,1-2,4H3,(H,31,35)(H,32,38)(H,33,36)(H,34,37)/t18-,19-,24-/m0/s1. The number of hydrogen-bond donors (Lipinski definition) is 6. The van der Waals surface area contributed by atoms with Crippen LogP contribution in [0.2, 0.25) is 0 Å². The third-order valence-electron chi connectivity index (χ3n) is 5.77. The Kier molecular flexibility index (Phi) is 11.8. The van der Waals surface area contributed by atoms with Gasteiger partial charge >= 0.3 is 0 Å². The molecule has 10 heteroatoms. The molecule has 2 rings (SSSR count). The molecule has 0 radical (unpaired) electrons. The Balaban J connectivity index is 2.10. The van der Waals surface area contributed by atoms with Gasteiger partial charge in [0.1, 0.15) is 18.1 Å². The number of carbonyl (C=O) groups is 4. The summed E-state index contributed by atoms with van der Waals surface area (Å²) in [6.45, 7) is 8.42. The number of hydrogen-bond acceptors (Lipinski definition) is 6. The van der Waals surface area contributed by atoms with E-state index >= 15 is 0 Å². The van der Waals surface area contributed by atoms with E-state index in [0.29, 0.717) is 18.8 Å². The summed E-state index contributed by atoms with van der Waals surface area (Å²) in [4.78, 5) is 50.2. The molecule has 4 amide bonds. The van der Waals surface area contributed by atoms with Gasteiger partial charge in [-0.05, 0) is 37.8 Å². The Bertz CT molecular complexity index is 1050. The van der Waals surface area contributed by atoms with Gasteiger partial charge < -0.3 is 32.3 Å². The van der Waals surface area contributed by atoms with Crippen molar-refractivity contribution < 1.29 is 19.2 Å². The molecule has 0 aliphatic rings. The highest BCUT2D eigenvalue weighted by Gasteiger charge is 2.27. The second kappa shape index (κ2) is 15.0. The number of benzene rings is 2. The number of carbonyl (C=O) groups excluding carboxylic acids is 4. The molecule has 7 N–H and O–H groups in total. The van der Waals surface area contributed by atoms with Crippen LogP contribution in [0.3, 0.4) is 0 Å². The summed E-state index contributed by atoms with van der Waals surface area (Å²) < 4.78 is 0. The lowest BCUT2D eigenvalue weighted by Crippen LogP contribution is -2.55. The second-order valence-electron chi connectivity index (χ2n) is 9.07. The Hall–Kier alpha value is -4.34. The topological polar surface area (TPSA) is 154 Å². The van der Waals surface area contributed by atoms with E-state index in [9.17, 15) is 19.2 Å². The van der Waals surface area contributed by atoms with Crippen LogP contribution >= 0.6 is 0 Å². The summed E-state index contributed by atoms with van der Waals surface area (Å²) in [7, 11) is 0. The first-order chi connectivity index (χ1) is 18.1. The summed E-state index contributed by atoms with van der Waals surface area (Å²) in [6.07, 6.45) is 0.767. The van der Waals surface area contributed by atoms with Gasteiger partial charge in [0.05, 0.1) is 11.9 Å². The smallest absolute Gasteiger partial charge is 0.243 e. The van der Waals surface area contributed by atoms with Gasteiger partial charge in [0.25, 0.3) is 0 Å². The maximum Gasteiger partial charge on any atom is 0.243 e. The zero-order valence-corrected chi connectivity index (χ0v) is 22.1. The van der Waals surface area contributed by atoms with Crippen molar-refractivity contribution >= 4 is 23.6 Å². The summed E-state index contributed by atoms with van der Waals surface area (Å²) in [6, 6.07) is 16.0. The highest BCUT2D eigenvalue weighted by atomic mass is 16.2. The molecule has 0 aliphatic carbocycles. The molecule has 204 valence electrons. The Morgan fingerprint density at radius 3 is 1.76 bits per heavy atom. The number of nitrogens with two attached hydrogens (primary N) is 1. The van der Waals surface area contributed by atoms with Crippen LogP contribution in [-0.2, 0) is 19.2 Å². The van der Waals surface area contributed by atoms with Gasteiger partial charge in [0, 0.05) is 13.5 Å². The van der Waals surface area contributed by atoms with E-state index in [1.165, 1.54) is 13.8 Å². The number of nitrogens with one attached hydrogen (secondary N) is 5. The van der Waals surface area contributed by atoms with Gasteiger partial charge in [0.2, 0.25) is 23.6 Å². The van der Waals surface area contributed by atoms with E-state index in [0.717, 1.165) is 11.1 Å². The average molecular weight is 523 g/mol. The molecule has 38 heavy (non-hydrogen) atoms. The van der Waals surface area contributed by atoms with Gasteiger partial charge in [-0.1, -0.05) is 67.2 Å². The summed E-state index contributed by atoms with van der Waals surface area (Å²) in [5.41, 5.74) is 7.32. The van der Waals surface area contributed by atoms with Crippen LogP contribution in [0.15, 0.2) is 73.1 Å². The molecule has 10 nitrogen and oxygen atoms in total. The van der Waals surface area contributed by atoms with E-state index in [-0.39, 0.29) is 18.2 Å². The first-order valence-corrected chi connectivity index (χ1v) is 12.5. The Labute approximate surface area is 223 Å². The molecule has 2 aromatic carbocycles. The summed E-state index contributed by atoms with van der Waals surface area (Å²) in [5.74, 6) is -1.48. The molecule has 0 heterocycles. The fraction of sp³-hybridized carbons (Fsp3) is 0.357. The van der Waals surface area contributed by atoms with Gasteiger partial charge in [-0.2, -0.15) is 0 Å². The van der Waals surface area contributed by atoms with Crippen LogP contribution < -0.4 is 32.3 Å². The lowest BCUT2D eigenvalue weighted by Gasteiger charge is -2.25. The fourth-order valence-corrected chi connectivity index (χ4v) is 3.79. The van der Waals surface area contributed by atoms with E-state index in [1.54, 1.807) is 6.92 Å². The van der Waals surface area contributed by atoms with Crippen LogP contribution in [0.1, 0.15) is 50.8 Å². The van der Waals surface area contributed by atoms with Crippen molar-refractivity contribution in [2.45, 2.75) is 57.8 Å². The van der Waals surface area contributed by atoms with Crippen LogP contribution in [0.4, 0.5) is 0 Å². The highest BCUT2D eigenvalue weighted by molar-refractivity contribution is 5.93. The van der Waals surface area contributed by atoms with Gasteiger partial charge in [-0.3, -0.25) is 19.2 Å². The minimum absolute atomic E-state index is 0.273. The molecule has 3 atom stereocenters. The van der Waals surface area contributed by atoms with Crippen molar-refractivity contribution in [3.05, 3.63) is 84.2 Å². The minimum Gasteiger partial charge on any atom is -0.386 e. The molecular formula is C28H38N6O4. The molecule has 0 saturated carbocycles. The monoisotopic (exact) mass is 522 g/mol. The SMILES string of the molecule is C=C(N)NCCC[C@H](NC(=O)[C@H](C)NC(C)=O)C(=O)N[C@@H](C)C(=O)NC(c1ccccc1)c1ccccc1. The van der Waals surface area contributed by atoms with E-state index < -0.39 is 36.0 Å². The summed E-state index contributed by atoms with van der Waals surface area (Å²) >= 11 is 0. The first-order valence-electron chi connectivity index (χ1n) is 12.5. The lowest BCUT2D eigenvalue weighted by molar-refractivity contribution is -0.133. The zero-order valence-electron chi connectivity index (χ0n) is 22.1. The van der Waals surface area contributed by atoms with E-state index in [2.05, 4.69) is 33.2 Å². The molecular weight excluding hydrogens is 484 g/mol. The van der Waals surface area contributed by atoms with Crippen LogP contribution in [0.5, 0.6) is 0 Å². The highest BCUT2D eigenvalue weighted by Crippen LogP contribution is 2.21. The number of amides is 4. The van der Waals surface area contributed by atoms with E-state index in [1.807, 2.05) is 60.7 Å². The fourth-order valence-electron chi connectivity index (χ4n) is 3.79. The minimum atomic E-state index is -0.930. The predicted octanol–water partition coefficient (Wildman–Crippen LogP) is 1.21. The van der Waals surface area contributed by atoms with Crippen molar-refractivity contribution in [2.24, 2.45) is 5.73 Å². The van der Waals surface area contributed by atoms with Gasteiger partial charge in [0.15, 0.2) is 0 Å². The molecule has 0 spiro atoms. The average Bonchev–Trinajstić information content (AvgIpc) is 2.89. The van der Waals surface area contributed by atoms with Crippen LogP contribution in [0, 0.1) is 0 Å². The predicted molar refractivity (Wildman–Crippen MR) is 146 cm³/mol. The maximum atomic E-state index is 13.2. The molecule has 0 aromatic heterocycles. The molecule has 2 aromatic rings. The number of rotatable bonds is 14. The van der Waals surface area contributed by atoms with Crippen molar-refractivity contribution in [3.63, 3.8) is 0 Å². The largest absolute Gasteiger partial charge is 0.386 e. The zero-order chi connectivity index (χ0) is 28.1. The third-order valence-corrected chi connectivity index (χ3v) is 5.77. The normalized spacial score (nSPS) is 12.9. The Morgan fingerprint density at radius 1 is 0.763 bits per heavy atom. The maximum absolute atomic E-state index is 13.2. The van der Waals surface area contributed by atoms with Crippen molar-refractivity contribution in [1.82, 2.24) is 26.6 Å². The molecule has 0 bridgehead atoms. The quantitative estimate of drug-likeness (QED) is 0.205. The van der Waals surface area contributed by atoms with Crippen molar-refractivity contribution in [2.75, 3.05) is 6.54 Å².